The van der Waals surface area contributed by atoms with E-state index in [1.807, 2.05) is 6.08 Å². The Kier molecular flexibility index (Phi) is 2.97. The Hall–Kier alpha value is -0.470. The second kappa shape index (κ2) is 3.79. The quantitative estimate of drug-likeness (QED) is 0.691. The molecule has 2 nitrogen and oxygen atoms in total. The van der Waals surface area contributed by atoms with Crippen LogP contribution in [0.15, 0.2) is 22.4 Å². The van der Waals surface area contributed by atoms with Crippen molar-refractivity contribution in [3.8, 4) is 0 Å². The van der Waals surface area contributed by atoms with Crippen molar-refractivity contribution in [3.63, 3.8) is 0 Å². The van der Waals surface area contributed by atoms with Gasteiger partial charge in [0.25, 0.3) is 0 Å². The summed E-state index contributed by atoms with van der Waals surface area (Å²) in [7, 11) is 1.64. The van der Waals surface area contributed by atoms with Gasteiger partial charge in [-0.1, -0.05) is 17.2 Å². The number of hydrogen-bond acceptors (Lipinski definition) is 2. The van der Waals surface area contributed by atoms with Gasteiger partial charge in [-0.25, -0.2) is 0 Å². The van der Waals surface area contributed by atoms with Crippen molar-refractivity contribution >= 4 is 11.6 Å². The SMILES string of the molecule is COC1=C(Cl)C=C(CN)CC1. The van der Waals surface area contributed by atoms with E-state index in [0.717, 1.165) is 18.6 Å². The van der Waals surface area contributed by atoms with Crippen LogP contribution in [0.3, 0.4) is 0 Å². The molecule has 0 aliphatic heterocycles. The highest BCUT2D eigenvalue weighted by atomic mass is 35.5. The van der Waals surface area contributed by atoms with Crippen LogP contribution in [0, 0.1) is 0 Å². The van der Waals surface area contributed by atoms with E-state index < -0.39 is 0 Å². The van der Waals surface area contributed by atoms with Gasteiger partial charge >= 0.3 is 0 Å². The summed E-state index contributed by atoms with van der Waals surface area (Å²) < 4.78 is 5.06. The van der Waals surface area contributed by atoms with E-state index in [2.05, 4.69) is 0 Å². The zero-order chi connectivity index (χ0) is 8.27. The van der Waals surface area contributed by atoms with Crippen LogP contribution in [0.25, 0.3) is 0 Å². The molecule has 2 N–H and O–H groups in total. The second-order valence-corrected chi connectivity index (χ2v) is 2.89. The first-order valence-corrected chi connectivity index (χ1v) is 3.98. The van der Waals surface area contributed by atoms with Gasteiger partial charge in [-0.3, -0.25) is 0 Å². The molecule has 0 saturated carbocycles. The lowest BCUT2D eigenvalue weighted by Crippen LogP contribution is -2.07. The molecule has 0 radical (unpaired) electrons. The molecule has 3 heteroatoms. The first-order valence-electron chi connectivity index (χ1n) is 3.60. The fourth-order valence-electron chi connectivity index (χ4n) is 1.09. The van der Waals surface area contributed by atoms with E-state index in [9.17, 15) is 0 Å². The smallest absolute Gasteiger partial charge is 0.114 e. The van der Waals surface area contributed by atoms with Crippen molar-refractivity contribution in [2.75, 3.05) is 13.7 Å². The fourth-order valence-corrected chi connectivity index (χ4v) is 1.41. The maximum atomic E-state index is 5.88. The standard InChI is InChI=1S/C8H12ClNO/c1-11-8-3-2-6(5-10)4-7(8)9/h4H,2-3,5,10H2,1H3. The average molecular weight is 174 g/mol. The third-order valence-electron chi connectivity index (χ3n) is 1.78. The number of allylic oxidation sites excluding steroid dienone is 3. The zero-order valence-corrected chi connectivity index (χ0v) is 7.32. The molecule has 0 aromatic carbocycles. The molecule has 0 fully saturated rings. The number of rotatable bonds is 2. The third kappa shape index (κ3) is 1.98. The molecule has 0 spiro atoms. The maximum absolute atomic E-state index is 5.88. The molecule has 0 amide bonds. The van der Waals surface area contributed by atoms with Crippen LogP contribution in [0.2, 0.25) is 0 Å². The minimum atomic E-state index is 0.590. The molecular weight excluding hydrogens is 162 g/mol. The molecule has 1 rings (SSSR count). The van der Waals surface area contributed by atoms with Crippen molar-refractivity contribution < 1.29 is 4.74 Å². The highest BCUT2D eigenvalue weighted by Crippen LogP contribution is 2.25. The molecule has 0 aromatic heterocycles. The summed E-state index contributed by atoms with van der Waals surface area (Å²) in [5.74, 6) is 0.865. The average Bonchev–Trinajstić information content (AvgIpc) is 2.04. The van der Waals surface area contributed by atoms with Crippen LogP contribution in [-0.2, 0) is 4.74 Å². The Morgan fingerprint density at radius 1 is 1.64 bits per heavy atom. The topological polar surface area (TPSA) is 35.2 Å². The Morgan fingerprint density at radius 3 is 2.82 bits per heavy atom. The van der Waals surface area contributed by atoms with Crippen molar-refractivity contribution in [3.05, 3.63) is 22.4 Å². The minimum absolute atomic E-state index is 0.590. The summed E-state index contributed by atoms with van der Waals surface area (Å²) in [5, 5.41) is 0.694. The summed E-state index contributed by atoms with van der Waals surface area (Å²) in [6.07, 6.45) is 3.73. The molecule has 0 aromatic rings. The highest BCUT2D eigenvalue weighted by Gasteiger charge is 2.10. The predicted molar refractivity (Wildman–Crippen MR) is 46.3 cm³/mol. The second-order valence-electron chi connectivity index (χ2n) is 2.48. The van der Waals surface area contributed by atoms with Gasteiger partial charge in [0.05, 0.1) is 12.1 Å². The lowest BCUT2D eigenvalue weighted by Gasteiger charge is -2.14. The van der Waals surface area contributed by atoms with Crippen LogP contribution < -0.4 is 5.73 Å². The predicted octanol–water partition coefficient (Wildman–Crippen LogP) is 1.76. The Balaban J connectivity index is 2.76. The van der Waals surface area contributed by atoms with Crippen molar-refractivity contribution in [2.45, 2.75) is 12.8 Å². The first-order chi connectivity index (χ1) is 5.27. The van der Waals surface area contributed by atoms with E-state index in [1.54, 1.807) is 7.11 Å². The van der Waals surface area contributed by atoms with Gasteiger partial charge in [0.1, 0.15) is 5.76 Å². The summed E-state index contributed by atoms with van der Waals surface area (Å²) in [4.78, 5) is 0. The zero-order valence-electron chi connectivity index (χ0n) is 6.56. The minimum Gasteiger partial charge on any atom is -0.500 e. The van der Waals surface area contributed by atoms with Crippen LogP contribution in [0.5, 0.6) is 0 Å². The van der Waals surface area contributed by atoms with Crippen LogP contribution >= 0.6 is 11.6 Å². The maximum Gasteiger partial charge on any atom is 0.114 e. The van der Waals surface area contributed by atoms with Gasteiger partial charge in [-0.05, 0) is 12.5 Å². The first kappa shape index (κ1) is 8.62. The lowest BCUT2D eigenvalue weighted by atomic mass is 10.0. The van der Waals surface area contributed by atoms with Crippen molar-refractivity contribution in [1.82, 2.24) is 0 Å². The van der Waals surface area contributed by atoms with Gasteiger partial charge < -0.3 is 10.5 Å². The summed E-state index contributed by atoms with van der Waals surface area (Å²) in [5.41, 5.74) is 6.65. The number of nitrogens with two attached hydrogens (primary N) is 1. The molecule has 1 aliphatic carbocycles. The van der Waals surface area contributed by atoms with Gasteiger partial charge in [0.2, 0.25) is 0 Å². The molecule has 0 heterocycles. The number of halogens is 1. The molecule has 0 unspecified atom stereocenters. The molecule has 0 saturated heterocycles. The largest absolute Gasteiger partial charge is 0.500 e. The molecule has 62 valence electrons. The van der Waals surface area contributed by atoms with Crippen molar-refractivity contribution in [2.24, 2.45) is 5.73 Å². The molecule has 1 aliphatic rings. The van der Waals surface area contributed by atoms with Crippen molar-refractivity contribution in [1.29, 1.82) is 0 Å². The fraction of sp³-hybridized carbons (Fsp3) is 0.500. The van der Waals surface area contributed by atoms with Crippen LogP contribution in [0.4, 0.5) is 0 Å². The third-order valence-corrected chi connectivity index (χ3v) is 2.10. The van der Waals surface area contributed by atoms with Gasteiger partial charge in [-0.15, -0.1) is 0 Å². The van der Waals surface area contributed by atoms with Gasteiger partial charge in [0.15, 0.2) is 0 Å². The van der Waals surface area contributed by atoms with Crippen LogP contribution in [0.1, 0.15) is 12.8 Å². The molecular formula is C8H12ClNO. The number of hydrogen-bond donors (Lipinski definition) is 1. The highest BCUT2D eigenvalue weighted by molar-refractivity contribution is 6.31. The molecule has 11 heavy (non-hydrogen) atoms. The Bertz CT molecular complexity index is 208. The Labute approximate surface area is 71.7 Å². The summed E-state index contributed by atoms with van der Waals surface area (Å²) in [6.45, 7) is 0.590. The van der Waals surface area contributed by atoms with E-state index in [0.29, 0.717) is 11.6 Å². The van der Waals surface area contributed by atoms with E-state index in [1.165, 1.54) is 5.57 Å². The van der Waals surface area contributed by atoms with E-state index in [4.69, 9.17) is 22.1 Å². The lowest BCUT2D eigenvalue weighted by molar-refractivity contribution is 0.274. The van der Waals surface area contributed by atoms with Crippen LogP contribution in [-0.4, -0.2) is 13.7 Å². The summed E-state index contributed by atoms with van der Waals surface area (Å²) in [6, 6.07) is 0. The number of methoxy groups -OCH3 is 1. The van der Waals surface area contributed by atoms with Gasteiger partial charge in [-0.2, -0.15) is 0 Å². The summed E-state index contributed by atoms with van der Waals surface area (Å²) >= 11 is 5.88. The van der Waals surface area contributed by atoms with E-state index in [-0.39, 0.29) is 0 Å². The molecule has 0 bridgehead atoms. The molecule has 0 atom stereocenters. The van der Waals surface area contributed by atoms with E-state index >= 15 is 0 Å². The number of ether oxygens (including phenoxy) is 1. The normalized spacial score (nSPS) is 18.3. The Morgan fingerprint density at radius 2 is 2.36 bits per heavy atom. The monoisotopic (exact) mass is 173 g/mol. The van der Waals surface area contributed by atoms with Gasteiger partial charge in [0, 0.05) is 13.0 Å².